The summed E-state index contributed by atoms with van der Waals surface area (Å²) in [6.07, 6.45) is 2.00. The van der Waals surface area contributed by atoms with E-state index in [1.54, 1.807) is 0 Å². The highest BCUT2D eigenvalue weighted by molar-refractivity contribution is 5.89. The lowest BCUT2D eigenvalue weighted by atomic mass is 9.74. The molecule has 3 aromatic carbocycles. The Labute approximate surface area is 202 Å². The lowest BCUT2D eigenvalue weighted by Crippen LogP contribution is -2.68. The third-order valence-corrected chi connectivity index (χ3v) is 7.43. The van der Waals surface area contributed by atoms with Gasteiger partial charge in [-0.05, 0) is 60.7 Å². The van der Waals surface area contributed by atoms with Crippen molar-refractivity contribution in [1.29, 1.82) is 0 Å². The number of nitrogens with zero attached hydrogens (tertiary/aromatic N) is 2. The van der Waals surface area contributed by atoms with Gasteiger partial charge in [-0.3, -0.25) is 4.90 Å². The number of benzene rings is 3. The third-order valence-electron chi connectivity index (χ3n) is 7.43. The van der Waals surface area contributed by atoms with E-state index in [4.69, 9.17) is 0 Å². The number of amides is 2. The highest BCUT2D eigenvalue weighted by Crippen LogP contribution is 2.42. The summed E-state index contributed by atoms with van der Waals surface area (Å²) in [5.41, 5.74) is 5.77. The van der Waals surface area contributed by atoms with E-state index in [9.17, 15) is 9.90 Å². The van der Waals surface area contributed by atoms with E-state index in [0.717, 1.165) is 31.6 Å². The Hall–Kier alpha value is -3.15. The summed E-state index contributed by atoms with van der Waals surface area (Å²) in [5, 5.41) is 13.3. The number of anilines is 1. The molecule has 5 heteroatoms. The van der Waals surface area contributed by atoms with Crippen LogP contribution in [-0.2, 0) is 0 Å². The van der Waals surface area contributed by atoms with Crippen LogP contribution < -0.4 is 5.32 Å². The fourth-order valence-electron chi connectivity index (χ4n) is 5.63. The summed E-state index contributed by atoms with van der Waals surface area (Å²) >= 11 is 0. The molecule has 0 aliphatic carbocycles. The lowest BCUT2D eigenvalue weighted by Gasteiger charge is -2.57. The van der Waals surface area contributed by atoms with E-state index in [-0.39, 0.29) is 30.6 Å². The van der Waals surface area contributed by atoms with Crippen LogP contribution in [0.25, 0.3) is 11.1 Å². The number of hydrogen-bond acceptors (Lipinski definition) is 3. The van der Waals surface area contributed by atoms with E-state index < -0.39 is 0 Å². The molecule has 3 aromatic rings. The second-order valence-electron chi connectivity index (χ2n) is 9.47. The van der Waals surface area contributed by atoms with Gasteiger partial charge in [-0.25, -0.2) is 4.79 Å². The predicted octanol–water partition coefficient (Wildman–Crippen LogP) is 5.12. The Balaban J connectivity index is 1.36. The second kappa shape index (κ2) is 10.00. The SMILES string of the molecule is Cc1ccccc1-c1ccc([C@H]2[C@@H](CO)N3CCCCN(C(=O)Nc4ccccc4)C[C@H]23)cc1. The van der Waals surface area contributed by atoms with Crippen molar-refractivity contribution in [3.63, 3.8) is 0 Å². The van der Waals surface area contributed by atoms with Crippen LogP contribution in [0.4, 0.5) is 10.5 Å². The lowest BCUT2D eigenvalue weighted by molar-refractivity contribution is -0.0585. The summed E-state index contributed by atoms with van der Waals surface area (Å²) in [7, 11) is 0. The van der Waals surface area contributed by atoms with Crippen LogP contribution in [-0.4, -0.2) is 59.3 Å². The van der Waals surface area contributed by atoms with Gasteiger partial charge >= 0.3 is 6.03 Å². The average Bonchev–Trinajstić information content (AvgIpc) is 2.84. The molecule has 2 fully saturated rings. The summed E-state index contributed by atoms with van der Waals surface area (Å²) < 4.78 is 0. The van der Waals surface area contributed by atoms with Gasteiger partial charge in [-0.1, -0.05) is 66.7 Å². The first-order chi connectivity index (χ1) is 16.7. The van der Waals surface area contributed by atoms with Crippen molar-refractivity contribution < 1.29 is 9.90 Å². The molecule has 0 spiro atoms. The van der Waals surface area contributed by atoms with E-state index in [1.807, 2.05) is 35.2 Å². The molecule has 0 aromatic heterocycles. The fourth-order valence-corrected chi connectivity index (χ4v) is 5.63. The molecular formula is C29H33N3O2. The molecular weight excluding hydrogens is 422 g/mol. The van der Waals surface area contributed by atoms with Gasteiger partial charge in [-0.2, -0.15) is 0 Å². The van der Waals surface area contributed by atoms with Crippen LogP contribution in [0, 0.1) is 6.92 Å². The molecule has 2 saturated heterocycles. The van der Waals surface area contributed by atoms with Crippen LogP contribution in [0.1, 0.15) is 29.9 Å². The molecule has 0 unspecified atom stereocenters. The standard InChI is InChI=1S/C29H33N3O2/c1-21-9-5-6-12-25(21)22-13-15-23(16-14-22)28-26-19-31(17-7-8-18-32(26)27(28)20-33)29(34)30-24-10-3-2-4-11-24/h2-6,9-16,26-28,33H,7-8,17-20H2,1H3,(H,30,34)/t26-,27-,28-/m1/s1. The monoisotopic (exact) mass is 455 g/mol. The summed E-state index contributed by atoms with van der Waals surface area (Å²) in [5.74, 6) is 0.209. The zero-order valence-corrected chi connectivity index (χ0v) is 19.7. The van der Waals surface area contributed by atoms with Crippen LogP contribution in [0.3, 0.4) is 0 Å². The van der Waals surface area contributed by atoms with Gasteiger partial charge in [-0.15, -0.1) is 0 Å². The van der Waals surface area contributed by atoms with Gasteiger partial charge in [0.2, 0.25) is 0 Å². The van der Waals surface area contributed by atoms with Crippen LogP contribution in [0.5, 0.6) is 0 Å². The highest BCUT2D eigenvalue weighted by atomic mass is 16.3. The van der Waals surface area contributed by atoms with E-state index in [2.05, 4.69) is 65.7 Å². The van der Waals surface area contributed by atoms with E-state index in [0.29, 0.717) is 6.54 Å². The molecule has 0 bridgehead atoms. The van der Waals surface area contributed by atoms with Gasteiger partial charge in [0.1, 0.15) is 0 Å². The minimum absolute atomic E-state index is 0.0471. The molecule has 34 heavy (non-hydrogen) atoms. The second-order valence-corrected chi connectivity index (χ2v) is 9.47. The van der Waals surface area contributed by atoms with Crippen LogP contribution >= 0.6 is 0 Å². The molecule has 0 saturated carbocycles. The predicted molar refractivity (Wildman–Crippen MR) is 137 cm³/mol. The molecule has 176 valence electrons. The van der Waals surface area contributed by atoms with Gasteiger partial charge in [0.05, 0.1) is 6.61 Å². The Kier molecular flexibility index (Phi) is 6.66. The van der Waals surface area contributed by atoms with Gasteiger partial charge in [0.25, 0.3) is 0 Å². The van der Waals surface area contributed by atoms with E-state index >= 15 is 0 Å². The fraction of sp³-hybridized carbons (Fsp3) is 0.345. The van der Waals surface area contributed by atoms with Crippen LogP contribution in [0.15, 0.2) is 78.9 Å². The number of nitrogens with one attached hydrogen (secondary N) is 1. The number of fused-ring (bicyclic) bond motifs is 1. The smallest absolute Gasteiger partial charge is 0.321 e. The number of carbonyl (C=O) groups excluding carboxylic acids is 1. The number of urea groups is 1. The molecule has 2 aliphatic heterocycles. The number of aliphatic hydroxyl groups excluding tert-OH is 1. The molecule has 2 aliphatic rings. The van der Waals surface area contributed by atoms with Crippen molar-refractivity contribution in [1.82, 2.24) is 9.80 Å². The zero-order valence-electron chi connectivity index (χ0n) is 19.7. The Morgan fingerprint density at radius 3 is 2.38 bits per heavy atom. The zero-order chi connectivity index (χ0) is 23.5. The van der Waals surface area contributed by atoms with E-state index in [1.165, 1.54) is 22.3 Å². The number of carbonyl (C=O) groups is 1. The number of para-hydroxylation sites is 1. The third kappa shape index (κ3) is 4.46. The van der Waals surface area contributed by atoms with Gasteiger partial charge < -0.3 is 15.3 Å². The minimum Gasteiger partial charge on any atom is -0.395 e. The number of aryl methyl sites for hydroxylation is 1. The van der Waals surface area contributed by atoms with Gasteiger partial charge in [0.15, 0.2) is 0 Å². The molecule has 3 atom stereocenters. The van der Waals surface area contributed by atoms with Crippen molar-refractivity contribution >= 4 is 11.7 Å². The highest BCUT2D eigenvalue weighted by Gasteiger charge is 2.49. The topological polar surface area (TPSA) is 55.8 Å². The normalized spacial score (nSPS) is 22.8. The Morgan fingerprint density at radius 1 is 0.941 bits per heavy atom. The average molecular weight is 456 g/mol. The number of rotatable bonds is 4. The molecule has 5 nitrogen and oxygen atoms in total. The maximum absolute atomic E-state index is 13.1. The maximum Gasteiger partial charge on any atom is 0.321 e. The summed E-state index contributed by atoms with van der Waals surface area (Å²) in [6, 6.07) is 27.1. The van der Waals surface area contributed by atoms with Crippen LogP contribution in [0.2, 0.25) is 0 Å². The summed E-state index contributed by atoms with van der Waals surface area (Å²) in [6.45, 7) is 4.67. The molecule has 2 amide bonds. The van der Waals surface area contributed by atoms with Crippen molar-refractivity contribution in [2.24, 2.45) is 0 Å². The Bertz CT molecular complexity index is 1120. The first kappa shape index (κ1) is 22.6. The van der Waals surface area contributed by atoms with Crippen molar-refractivity contribution in [3.8, 4) is 11.1 Å². The molecule has 0 radical (unpaired) electrons. The molecule has 5 rings (SSSR count). The number of aliphatic hydroxyl groups is 1. The maximum atomic E-state index is 13.1. The number of hydrogen-bond donors (Lipinski definition) is 2. The molecule has 2 N–H and O–H groups in total. The van der Waals surface area contributed by atoms with Gasteiger partial charge in [0, 0.05) is 36.8 Å². The first-order valence-corrected chi connectivity index (χ1v) is 12.3. The first-order valence-electron chi connectivity index (χ1n) is 12.3. The Morgan fingerprint density at radius 2 is 1.65 bits per heavy atom. The minimum atomic E-state index is -0.0471. The summed E-state index contributed by atoms with van der Waals surface area (Å²) in [4.78, 5) is 17.4. The van der Waals surface area contributed by atoms with Crippen molar-refractivity contribution in [2.75, 3.05) is 31.6 Å². The quantitative estimate of drug-likeness (QED) is 0.574. The van der Waals surface area contributed by atoms with Crippen molar-refractivity contribution in [3.05, 3.63) is 90.0 Å². The molecule has 2 heterocycles. The largest absolute Gasteiger partial charge is 0.395 e. The van der Waals surface area contributed by atoms with Crippen molar-refractivity contribution in [2.45, 2.75) is 37.8 Å².